The second-order valence-electron chi connectivity index (χ2n) is 4.57. The largest absolute Gasteiger partial charge is 0.358 e. The van der Waals surface area contributed by atoms with Crippen molar-refractivity contribution in [1.29, 1.82) is 0 Å². The van der Waals surface area contributed by atoms with Crippen LogP contribution in [0.5, 0.6) is 0 Å². The van der Waals surface area contributed by atoms with Gasteiger partial charge in [0, 0.05) is 52.4 Å². The van der Waals surface area contributed by atoms with Crippen LogP contribution in [0.3, 0.4) is 0 Å². The van der Waals surface area contributed by atoms with E-state index in [1.807, 2.05) is 18.0 Å². The highest BCUT2D eigenvalue weighted by Gasteiger charge is 2.17. The van der Waals surface area contributed by atoms with Gasteiger partial charge in [0.1, 0.15) is 18.0 Å². The Bertz CT molecular complexity index is 418. The number of carbonyl (C=O) groups excluding carboxylic acids is 1. The van der Waals surface area contributed by atoms with Crippen molar-refractivity contribution in [2.75, 3.05) is 56.1 Å². The molecule has 0 spiro atoms. The third-order valence-electron chi connectivity index (χ3n) is 3.28. The Morgan fingerprint density at radius 3 is 2.74 bits per heavy atom. The number of nitrogens with zero attached hydrogens (tertiary/aromatic N) is 5. The van der Waals surface area contributed by atoms with Gasteiger partial charge in [0.25, 0.3) is 0 Å². The summed E-state index contributed by atoms with van der Waals surface area (Å²) in [6.45, 7) is 4.43. The van der Waals surface area contributed by atoms with Gasteiger partial charge in [-0.2, -0.15) is 0 Å². The first-order valence-electron chi connectivity index (χ1n) is 6.42. The summed E-state index contributed by atoms with van der Waals surface area (Å²) < 4.78 is 0. The zero-order valence-corrected chi connectivity index (χ0v) is 11.2. The average Bonchev–Trinajstić information content (AvgIpc) is 2.48. The highest BCUT2D eigenvalue weighted by atomic mass is 16.1. The van der Waals surface area contributed by atoms with E-state index in [4.69, 9.17) is 5.73 Å². The van der Waals surface area contributed by atoms with Gasteiger partial charge in [-0.3, -0.25) is 4.79 Å². The predicted molar refractivity (Wildman–Crippen MR) is 74.2 cm³/mol. The predicted octanol–water partition coefficient (Wildman–Crippen LogP) is -0.850. The van der Waals surface area contributed by atoms with Gasteiger partial charge in [-0.1, -0.05) is 0 Å². The average molecular weight is 264 g/mol. The zero-order chi connectivity index (χ0) is 13.7. The third kappa shape index (κ3) is 3.31. The summed E-state index contributed by atoms with van der Waals surface area (Å²) in [6, 6.07) is 1.96. The summed E-state index contributed by atoms with van der Waals surface area (Å²) >= 11 is 0. The van der Waals surface area contributed by atoms with Gasteiger partial charge in [0.05, 0.1) is 0 Å². The van der Waals surface area contributed by atoms with Crippen molar-refractivity contribution in [2.24, 2.45) is 5.73 Å². The van der Waals surface area contributed by atoms with E-state index >= 15 is 0 Å². The molecular formula is C12H20N6O. The number of nitrogens with two attached hydrogens (primary N) is 1. The SMILES string of the molecule is CN(CCN)c1cc(N2CCN(C=O)CC2)ncn1. The molecule has 0 atom stereocenters. The Morgan fingerprint density at radius 2 is 2.11 bits per heavy atom. The summed E-state index contributed by atoms with van der Waals surface area (Å²) in [6.07, 6.45) is 2.47. The van der Waals surface area contributed by atoms with Crippen LogP contribution in [0.2, 0.25) is 0 Å². The molecule has 7 nitrogen and oxygen atoms in total. The fourth-order valence-electron chi connectivity index (χ4n) is 2.08. The highest BCUT2D eigenvalue weighted by Crippen LogP contribution is 2.17. The van der Waals surface area contributed by atoms with Crippen LogP contribution in [0.1, 0.15) is 0 Å². The van der Waals surface area contributed by atoms with Crippen molar-refractivity contribution in [3.05, 3.63) is 12.4 Å². The minimum absolute atomic E-state index is 0.591. The molecule has 0 bridgehead atoms. The fourth-order valence-corrected chi connectivity index (χ4v) is 2.08. The van der Waals surface area contributed by atoms with E-state index in [-0.39, 0.29) is 0 Å². The third-order valence-corrected chi connectivity index (χ3v) is 3.28. The van der Waals surface area contributed by atoms with Crippen molar-refractivity contribution in [3.8, 4) is 0 Å². The van der Waals surface area contributed by atoms with Crippen molar-refractivity contribution >= 4 is 18.0 Å². The molecule has 104 valence electrons. The summed E-state index contributed by atoms with van der Waals surface area (Å²) in [5.41, 5.74) is 5.54. The summed E-state index contributed by atoms with van der Waals surface area (Å²) in [4.78, 5) is 25.2. The number of amides is 1. The van der Waals surface area contributed by atoms with E-state index in [0.717, 1.165) is 50.8 Å². The van der Waals surface area contributed by atoms with Gasteiger partial charge in [0.15, 0.2) is 0 Å². The molecule has 2 rings (SSSR count). The molecule has 7 heteroatoms. The first-order chi connectivity index (χ1) is 9.24. The van der Waals surface area contributed by atoms with Crippen LogP contribution in [0.4, 0.5) is 11.6 Å². The summed E-state index contributed by atoms with van der Waals surface area (Å²) in [5.74, 6) is 1.77. The number of anilines is 2. The summed E-state index contributed by atoms with van der Waals surface area (Å²) in [5, 5.41) is 0. The zero-order valence-electron chi connectivity index (χ0n) is 11.2. The van der Waals surface area contributed by atoms with E-state index < -0.39 is 0 Å². The maximum Gasteiger partial charge on any atom is 0.209 e. The van der Waals surface area contributed by atoms with Gasteiger partial charge < -0.3 is 20.4 Å². The van der Waals surface area contributed by atoms with E-state index in [9.17, 15) is 4.79 Å². The Labute approximate surface area is 113 Å². The highest BCUT2D eigenvalue weighted by molar-refractivity contribution is 5.52. The van der Waals surface area contributed by atoms with Crippen LogP contribution in [0, 0.1) is 0 Å². The lowest BCUT2D eigenvalue weighted by Gasteiger charge is -2.33. The van der Waals surface area contributed by atoms with Crippen LogP contribution < -0.4 is 15.5 Å². The molecule has 19 heavy (non-hydrogen) atoms. The number of hydrogen-bond acceptors (Lipinski definition) is 6. The van der Waals surface area contributed by atoms with Crippen molar-refractivity contribution < 1.29 is 4.79 Å². The molecule has 1 saturated heterocycles. The lowest BCUT2D eigenvalue weighted by Crippen LogP contribution is -2.46. The first-order valence-corrected chi connectivity index (χ1v) is 6.42. The Kier molecular flexibility index (Phi) is 4.51. The van der Waals surface area contributed by atoms with E-state index in [1.165, 1.54) is 0 Å². The minimum atomic E-state index is 0.591. The fraction of sp³-hybridized carbons (Fsp3) is 0.583. The van der Waals surface area contributed by atoms with Crippen LogP contribution in [-0.2, 0) is 4.79 Å². The Hall–Kier alpha value is -1.89. The minimum Gasteiger partial charge on any atom is -0.358 e. The van der Waals surface area contributed by atoms with Crippen molar-refractivity contribution in [2.45, 2.75) is 0 Å². The van der Waals surface area contributed by atoms with Crippen LogP contribution in [0.15, 0.2) is 12.4 Å². The maximum atomic E-state index is 10.7. The van der Waals surface area contributed by atoms with Gasteiger partial charge in [-0.25, -0.2) is 9.97 Å². The molecule has 1 fully saturated rings. The van der Waals surface area contributed by atoms with Gasteiger partial charge in [0.2, 0.25) is 6.41 Å². The molecule has 2 N–H and O–H groups in total. The number of aromatic nitrogens is 2. The number of hydrogen-bond donors (Lipinski definition) is 1. The molecule has 0 aromatic carbocycles. The van der Waals surface area contributed by atoms with Crippen LogP contribution >= 0.6 is 0 Å². The van der Waals surface area contributed by atoms with E-state index in [0.29, 0.717) is 6.54 Å². The molecule has 1 aliphatic rings. The normalized spacial score (nSPS) is 15.5. The molecule has 0 radical (unpaired) electrons. The topological polar surface area (TPSA) is 78.6 Å². The van der Waals surface area contributed by atoms with Gasteiger partial charge in [-0.05, 0) is 0 Å². The van der Waals surface area contributed by atoms with Crippen LogP contribution in [-0.4, -0.2) is 67.6 Å². The molecule has 1 aliphatic heterocycles. The maximum absolute atomic E-state index is 10.7. The molecule has 0 unspecified atom stereocenters. The number of likely N-dealkylation sites (N-methyl/N-ethyl adjacent to an activating group) is 1. The smallest absolute Gasteiger partial charge is 0.209 e. The number of carbonyl (C=O) groups is 1. The molecule has 1 aromatic heterocycles. The first kappa shape index (κ1) is 13.5. The second kappa shape index (κ2) is 6.33. The molecule has 0 aliphatic carbocycles. The number of rotatable bonds is 5. The monoisotopic (exact) mass is 264 g/mol. The van der Waals surface area contributed by atoms with E-state index in [1.54, 1.807) is 11.2 Å². The number of piperazine rings is 1. The molecule has 2 heterocycles. The Balaban J connectivity index is 2.04. The van der Waals surface area contributed by atoms with Gasteiger partial charge >= 0.3 is 0 Å². The molecule has 1 aromatic rings. The molecular weight excluding hydrogens is 244 g/mol. The van der Waals surface area contributed by atoms with Gasteiger partial charge in [-0.15, -0.1) is 0 Å². The lowest BCUT2D eigenvalue weighted by molar-refractivity contribution is -0.118. The molecule has 1 amide bonds. The summed E-state index contributed by atoms with van der Waals surface area (Å²) in [7, 11) is 1.96. The van der Waals surface area contributed by atoms with Crippen molar-refractivity contribution in [3.63, 3.8) is 0 Å². The second-order valence-corrected chi connectivity index (χ2v) is 4.57. The Morgan fingerprint density at radius 1 is 1.37 bits per heavy atom. The molecule has 0 saturated carbocycles. The van der Waals surface area contributed by atoms with Crippen LogP contribution in [0.25, 0.3) is 0 Å². The van der Waals surface area contributed by atoms with E-state index in [2.05, 4.69) is 14.9 Å². The van der Waals surface area contributed by atoms with Crippen molar-refractivity contribution in [1.82, 2.24) is 14.9 Å². The lowest BCUT2D eigenvalue weighted by atomic mass is 10.3. The quantitative estimate of drug-likeness (QED) is 0.698. The standard InChI is InChI=1S/C12H20N6O/c1-16(3-2-13)11-8-12(15-9-14-11)18-6-4-17(10-19)5-7-18/h8-10H,2-7,13H2,1H3.